The van der Waals surface area contributed by atoms with Gasteiger partial charge in [0.25, 0.3) is 11.4 Å². The van der Waals surface area contributed by atoms with Crippen LogP contribution in [0.2, 0.25) is 0 Å². The number of non-ortho nitro benzene ring substituents is 2. The summed E-state index contributed by atoms with van der Waals surface area (Å²) in [7, 11) is 0. The van der Waals surface area contributed by atoms with E-state index in [1.807, 2.05) is 0 Å². The molecule has 0 unspecified atom stereocenters. The lowest BCUT2D eigenvalue weighted by molar-refractivity contribution is -0.385. The number of nitro benzene ring substituents is 2. The maximum Gasteiger partial charge on any atom is 0.343 e. The van der Waals surface area contributed by atoms with Crippen LogP contribution in [0.25, 0.3) is 0 Å². The second kappa shape index (κ2) is 8.69. The molecule has 0 saturated carbocycles. The van der Waals surface area contributed by atoms with Crippen molar-refractivity contribution in [1.29, 1.82) is 0 Å². The Bertz CT molecular complexity index is 1170. The van der Waals surface area contributed by atoms with Gasteiger partial charge in [-0.1, -0.05) is 0 Å². The maximum atomic E-state index is 12.2. The molecule has 31 heavy (non-hydrogen) atoms. The van der Waals surface area contributed by atoms with Crippen molar-refractivity contribution in [2.24, 2.45) is 0 Å². The quantitative estimate of drug-likeness (QED) is 0.270. The second-order valence-corrected chi connectivity index (χ2v) is 6.02. The van der Waals surface area contributed by atoms with Gasteiger partial charge in [0.15, 0.2) is 11.5 Å². The molecule has 0 aliphatic carbocycles. The minimum absolute atomic E-state index is 0.00159. The third-order valence-corrected chi connectivity index (χ3v) is 3.97. The number of nitrogens with zero attached hydrogens (tertiary/aromatic N) is 2. The summed E-state index contributed by atoms with van der Waals surface area (Å²) in [6.45, 7) is 0. The second-order valence-electron chi connectivity index (χ2n) is 6.02. The number of benzene rings is 3. The number of rotatable bonds is 6. The van der Waals surface area contributed by atoms with Crippen molar-refractivity contribution in [3.8, 4) is 17.2 Å². The summed E-state index contributed by atoms with van der Waals surface area (Å²) < 4.78 is 10.2. The van der Waals surface area contributed by atoms with Crippen LogP contribution in [0.4, 0.5) is 11.4 Å². The highest BCUT2D eigenvalue weighted by Crippen LogP contribution is 2.31. The number of hydrogen-bond acceptors (Lipinski definition) is 9. The zero-order valence-electron chi connectivity index (χ0n) is 15.5. The first-order valence-electron chi connectivity index (χ1n) is 8.51. The van der Waals surface area contributed by atoms with E-state index in [9.17, 15) is 34.9 Å². The first kappa shape index (κ1) is 20.9. The lowest BCUT2D eigenvalue weighted by Gasteiger charge is -2.09. The average Bonchev–Trinajstić information content (AvgIpc) is 2.76. The molecule has 1 N–H and O–H groups in total. The molecule has 0 heterocycles. The Morgan fingerprint density at radius 2 is 1.16 bits per heavy atom. The highest BCUT2D eigenvalue weighted by atomic mass is 16.6. The summed E-state index contributed by atoms with van der Waals surface area (Å²) in [6.07, 6.45) is 0. The summed E-state index contributed by atoms with van der Waals surface area (Å²) in [5, 5.41) is 31.3. The smallest absolute Gasteiger partial charge is 0.343 e. The number of carbonyl (C=O) groups excluding carboxylic acids is 2. The van der Waals surface area contributed by atoms with E-state index in [-0.39, 0.29) is 34.0 Å². The zero-order chi connectivity index (χ0) is 22.5. The summed E-state index contributed by atoms with van der Waals surface area (Å²) in [4.78, 5) is 44.5. The molecule has 156 valence electrons. The van der Waals surface area contributed by atoms with E-state index >= 15 is 0 Å². The third kappa shape index (κ3) is 4.98. The Kier molecular flexibility index (Phi) is 5.87. The third-order valence-electron chi connectivity index (χ3n) is 3.97. The molecule has 0 atom stereocenters. The molecule has 0 aliphatic rings. The maximum absolute atomic E-state index is 12.2. The van der Waals surface area contributed by atoms with Crippen LogP contribution in [0, 0.1) is 20.2 Å². The van der Waals surface area contributed by atoms with Gasteiger partial charge in [0.1, 0.15) is 5.75 Å². The largest absolute Gasteiger partial charge is 0.504 e. The zero-order valence-corrected chi connectivity index (χ0v) is 15.5. The molecule has 0 spiro atoms. The lowest BCUT2D eigenvalue weighted by atomic mass is 10.2. The van der Waals surface area contributed by atoms with E-state index in [0.717, 1.165) is 36.4 Å². The summed E-state index contributed by atoms with van der Waals surface area (Å²) in [5.74, 6) is -2.51. The number of phenolic OH excluding ortho intramolecular Hbond substituents is 1. The SMILES string of the molecule is O=C(Oc1ccc(O)c(OC(=O)c2ccc([N+](=O)[O-])cc2)c1)c1ccc([N+](=O)[O-])cc1. The van der Waals surface area contributed by atoms with Crippen LogP contribution in [0.15, 0.2) is 66.7 Å². The highest BCUT2D eigenvalue weighted by Gasteiger charge is 2.16. The number of carbonyl (C=O) groups is 2. The number of phenols is 1. The summed E-state index contributed by atoms with van der Waals surface area (Å²) in [5.41, 5.74) is -0.359. The molecular weight excluding hydrogens is 412 g/mol. The number of aromatic hydroxyl groups is 1. The standard InChI is InChI=1S/C20H12N2O9/c23-17-10-9-16(30-19(24)12-1-5-14(6-2-12)21(26)27)11-18(17)31-20(25)13-3-7-15(8-4-13)22(28)29/h1-11,23H. The van der Waals surface area contributed by atoms with Crippen LogP contribution in [0.1, 0.15) is 20.7 Å². The Labute approximate surface area is 173 Å². The number of nitro groups is 2. The van der Waals surface area contributed by atoms with Crippen molar-refractivity contribution >= 4 is 23.3 Å². The Balaban J connectivity index is 1.73. The van der Waals surface area contributed by atoms with Gasteiger partial charge in [0.05, 0.1) is 21.0 Å². The predicted molar refractivity (Wildman–Crippen MR) is 104 cm³/mol. The molecule has 0 amide bonds. The van der Waals surface area contributed by atoms with Gasteiger partial charge in [-0.05, 0) is 36.4 Å². The van der Waals surface area contributed by atoms with Gasteiger partial charge >= 0.3 is 11.9 Å². The van der Waals surface area contributed by atoms with E-state index in [1.54, 1.807) is 0 Å². The van der Waals surface area contributed by atoms with Crippen molar-refractivity contribution in [3.63, 3.8) is 0 Å². The van der Waals surface area contributed by atoms with Gasteiger partial charge < -0.3 is 14.6 Å². The van der Waals surface area contributed by atoms with Crippen molar-refractivity contribution in [3.05, 3.63) is 98.1 Å². The van der Waals surface area contributed by atoms with Crippen LogP contribution in [-0.4, -0.2) is 26.9 Å². The summed E-state index contributed by atoms with van der Waals surface area (Å²) in [6, 6.07) is 12.8. The van der Waals surface area contributed by atoms with Gasteiger partial charge in [-0.25, -0.2) is 9.59 Å². The monoisotopic (exact) mass is 424 g/mol. The normalized spacial score (nSPS) is 10.2. The molecule has 0 radical (unpaired) electrons. The number of hydrogen-bond donors (Lipinski definition) is 1. The molecule has 11 heteroatoms. The highest BCUT2D eigenvalue weighted by molar-refractivity contribution is 5.92. The topological polar surface area (TPSA) is 159 Å². The first-order chi connectivity index (χ1) is 14.7. The molecule has 0 bridgehead atoms. The van der Waals surface area contributed by atoms with E-state index in [0.29, 0.717) is 0 Å². The van der Waals surface area contributed by atoms with Gasteiger partial charge in [-0.3, -0.25) is 20.2 Å². The van der Waals surface area contributed by atoms with E-state index in [1.165, 1.54) is 30.3 Å². The Morgan fingerprint density at radius 3 is 1.61 bits per heavy atom. The van der Waals surface area contributed by atoms with E-state index in [2.05, 4.69) is 0 Å². The van der Waals surface area contributed by atoms with Gasteiger partial charge in [-0.15, -0.1) is 0 Å². The molecule has 0 saturated heterocycles. The van der Waals surface area contributed by atoms with Crippen LogP contribution in [-0.2, 0) is 0 Å². The fourth-order valence-corrected chi connectivity index (χ4v) is 2.40. The molecular formula is C20H12N2O9. The van der Waals surface area contributed by atoms with Crippen LogP contribution >= 0.6 is 0 Å². The lowest BCUT2D eigenvalue weighted by Crippen LogP contribution is -2.10. The molecule has 3 aromatic rings. The Morgan fingerprint density at radius 1 is 0.710 bits per heavy atom. The van der Waals surface area contributed by atoms with Crippen molar-refractivity contribution in [2.45, 2.75) is 0 Å². The van der Waals surface area contributed by atoms with Crippen LogP contribution < -0.4 is 9.47 Å². The van der Waals surface area contributed by atoms with Crippen molar-refractivity contribution in [1.82, 2.24) is 0 Å². The van der Waals surface area contributed by atoms with Crippen LogP contribution in [0.3, 0.4) is 0 Å². The molecule has 0 aromatic heterocycles. The molecule has 3 aromatic carbocycles. The molecule has 3 rings (SSSR count). The van der Waals surface area contributed by atoms with Gasteiger partial charge in [-0.2, -0.15) is 0 Å². The average molecular weight is 424 g/mol. The van der Waals surface area contributed by atoms with Crippen molar-refractivity contribution < 1.29 is 34.0 Å². The molecule has 11 nitrogen and oxygen atoms in total. The Hall–Kier alpha value is -4.80. The van der Waals surface area contributed by atoms with E-state index in [4.69, 9.17) is 9.47 Å². The van der Waals surface area contributed by atoms with Crippen LogP contribution in [0.5, 0.6) is 17.2 Å². The fraction of sp³-hybridized carbons (Fsp3) is 0. The minimum Gasteiger partial charge on any atom is -0.504 e. The van der Waals surface area contributed by atoms with Gasteiger partial charge in [0, 0.05) is 30.3 Å². The molecule has 0 aliphatic heterocycles. The molecule has 0 fully saturated rings. The van der Waals surface area contributed by atoms with Crippen molar-refractivity contribution in [2.75, 3.05) is 0 Å². The minimum atomic E-state index is -0.899. The number of esters is 2. The van der Waals surface area contributed by atoms with Gasteiger partial charge in [0.2, 0.25) is 0 Å². The number of ether oxygens (including phenoxy) is 2. The first-order valence-corrected chi connectivity index (χ1v) is 8.51. The summed E-state index contributed by atoms with van der Waals surface area (Å²) >= 11 is 0. The predicted octanol–water partition coefficient (Wildman–Crippen LogP) is 3.65. The fourth-order valence-electron chi connectivity index (χ4n) is 2.40. The van der Waals surface area contributed by atoms with E-state index < -0.39 is 27.5 Å².